The van der Waals surface area contributed by atoms with E-state index in [4.69, 9.17) is 4.74 Å². The minimum Gasteiger partial charge on any atom is -0.497 e. The summed E-state index contributed by atoms with van der Waals surface area (Å²) in [5, 5.41) is 3.43. The van der Waals surface area contributed by atoms with E-state index in [0.29, 0.717) is 0 Å². The molecule has 20 heavy (non-hydrogen) atoms. The van der Waals surface area contributed by atoms with Crippen LogP contribution in [0, 0.1) is 0 Å². The summed E-state index contributed by atoms with van der Waals surface area (Å²) in [6.07, 6.45) is 4.34. The molecule has 0 aliphatic carbocycles. The van der Waals surface area contributed by atoms with Crippen LogP contribution in [-0.4, -0.2) is 23.6 Å². The summed E-state index contributed by atoms with van der Waals surface area (Å²) in [7, 11) is 1.68. The fourth-order valence-corrected chi connectivity index (χ4v) is 2.45. The van der Waals surface area contributed by atoms with Crippen LogP contribution in [0.1, 0.15) is 24.4 Å². The molecule has 4 nitrogen and oxygen atoms in total. The van der Waals surface area contributed by atoms with E-state index in [1.165, 1.54) is 5.56 Å². The van der Waals surface area contributed by atoms with Gasteiger partial charge in [-0.15, -0.1) is 0 Å². The molecular weight excluding hydrogens is 318 g/mol. The summed E-state index contributed by atoms with van der Waals surface area (Å²) in [4.78, 5) is 8.69. The smallest absolute Gasteiger partial charge is 0.145 e. The number of hydrogen-bond acceptors (Lipinski definition) is 4. The first-order chi connectivity index (χ1) is 9.74. The Morgan fingerprint density at radius 3 is 2.70 bits per heavy atom. The van der Waals surface area contributed by atoms with E-state index in [1.807, 2.05) is 24.3 Å². The SMILES string of the molecule is CCNC(Cc1cc(OC)ccc1Br)c1ncccn1. The maximum absolute atomic E-state index is 5.28. The van der Waals surface area contributed by atoms with Crippen LogP contribution in [-0.2, 0) is 6.42 Å². The molecule has 0 saturated heterocycles. The van der Waals surface area contributed by atoms with Gasteiger partial charge in [0.1, 0.15) is 11.6 Å². The minimum absolute atomic E-state index is 0.0876. The average Bonchev–Trinajstić information content (AvgIpc) is 2.49. The fourth-order valence-electron chi connectivity index (χ4n) is 2.05. The van der Waals surface area contributed by atoms with Gasteiger partial charge < -0.3 is 10.1 Å². The zero-order chi connectivity index (χ0) is 14.4. The average molecular weight is 336 g/mol. The first-order valence-electron chi connectivity index (χ1n) is 6.57. The molecule has 1 N–H and O–H groups in total. The Labute approximate surface area is 127 Å². The quantitative estimate of drug-likeness (QED) is 0.880. The molecule has 0 aliphatic rings. The van der Waals surface area contributed by atoms with Crippen molar-refractivity contribution in [2.24, 2.45) is 0 Å². The number of nitrogens with zero attached hydrogens (tertiary/aromatic N) is 2. The lowest BCUT2D eigenvalue weighted by molar-refractivity contribution is 0.413. The molecule has 1 heterocycles. The van der Waals surface area contributed by atoms with E-state index >= 15 is 0 Å². The van der Waals surface area contributed by atoms with Gasteiger partial charge in [-0.25, -0.2) is 9.97 Å². The topological polar surface area (TPSA) is 47.0 Å². The number of benzene rings is 1. The minimum atomic E-state index is 0.0876. The molecule has 0 radical (unpaired) electrons. The number of methoxy groups -OCH3 is 1. The third-order valence-electron chi connectivity index (χ3n) is 3.02. The van der Waals surface area contributed by atoms with Gasteiger partial charge in [0, 0.05) is 16.9 Å². The lowest BCUT2D eigenvalue weighted by Gasteiger charge is -2.17. The van der Waals surface area contributed by atoms with Crippen molar-refractivity contribution < 1.29 is 4.74 Å². The van der Waals surface area contributed by atoms with Crippen LogP contribution in [0.25, 0.3) is 0 Å². The van der Waals surface area contributed by atoms with Gasteiger partial charge in [-0.2, -0.15) is 0 Å². The highest BCUT2D eigenvalue weighted by Crippen LogP contribution is 2.26. The Morgan fingerprint density at radius 1 is 1.30 bits per heavy atom. The molecule has 0 amide bonds. The Morgan fingerprint density at radius 2 is 2.05 bits per heavy atom. The molecule has 0 saturated carbocycles. The zero-order valence-corrected chi connectivity index (χ0v) is 13.2. The van der Waals surface area contributed by atoms with E-state index in [2.05, 4.69) is 38.1 Å². The van der Waals surface area contributed by atoms with Crippen molar-refractivity contribution in [1.82, 2.24) is 15.3 Å². The number of nitrogens with one attached hydrogen (secondary N) is 1. The zero-order valence-electron chi connectivity index (χ0n) is 11.6. The van der Waals surface area contributed by atoms with E-state index in [0.717, 1.165) is 29.0 Å². The van der Waals surface area contributed by atoms with Gasteiger partial charge in [-0.1, -0.05) is 22.9 Å². The van der Waals surface area contributed by atoms with E-state index in [-0.39, 0.29) is 6.04 Å². The van der Waals surface area contributed by atoms with Crippen molar-refractivity contribution in [2.75, 3.05) is 13.7 Å². The van der Waals surface area contributed by atoms with E-state index < -0.39 is 0 Å². The molecule has 106 valence electrons. The maximum atomic E-state index is 5.28. The normalized spacial score (nSPS) is 12.2. The van der Waals surface area contributed by atoms with Crippen LogP contribution in [0.3, 0.4) is 0 Å². The van der Waals surface area contributed by atoms with Gasteiger partial charge >= 0.3 is 0 Å². The summed E-state index contributed by atoms with van der Waals surface area (Å²) in [6.45, 7) is 2.95. The van der Waals surface area contributed by atoms with Gasteiger partial charge in [0.05, 0.1) is 13.2 Å². The second-order valence-corrected chi connectivity index (χ2v) is 5.23. The van der Waals surface area contributed by atoms with Crippen LogP contribution in [0.5, 0.6) is 5.75 Å². The first kappa shape index (κ1) is 14.9. The Hall–Kier alpha value is -1.46. The standard InChI is InChI=1S/C15H18BrN3O/c1-3-17-14(15-18-7-4-8-19-15)10-11-9-12(20-2)5-6-13(11)16/h4-9,14,17H,3,10H2,1-2H3. The number of likely N-dealkylation sites (N-methyl/N-ethyl adjacent to an activating group) is 1. The van der Waals surface area contributed by atoms with Gasteiger partial charge in [-0.3, -0.25) is 0 Å². The number of aromatic nitrogens is 2. The molecule has 1 aromatic heterocycles. The van der Waals surface area contributed by atoms with Crippen LogP contribution in [0.4, 0.5) is 0 Å². The van der Waals surface area contributed by atoms with Crippen molar-refractivity contribution in [1.29, 1.82) is 0 Å². The van der Waals surface area contributed by atoms with Gasteiger partial charge in [-0.05, 0) is 42.8 Å². The second kappa shape index (κ2) is 7.36. The first-order valence-corrected chi connectivity index (χ1v) is 7.36. The maximum Gasteiger partial charge on any atom is 0.145 e. The van der Waals surface area contributed by atoms with Gasteiger partial charge in [0.15, 0.2) is 0 Å². The van der Waals surface area contributed by atoms with Crippen molar-refractivity contribution in [2.45, 2.75) is 19.4 Å². The Balaban J connectivity index is 2.24. The lowest BCUT2D eigenvalue weighted by Crippen LogP contribution is -2.25. The fraction of sp³-hybridized carbons (Fsp3) is 0.333. The summed E-state index contributed by atoms with van der Waals surface area (Å²) < 4.78 is 6.35. The van der Waals surface area contributed by atoms with Crippen LogP contribution in [0.2, 0.25) is 0 Å². The van der Waals surface area contributed by atoms with Crippen LogP contribution < -0.4 is 10.1 Å². The molecule has 0 spiro atoms. The van der Waals surface area contributed by atoms with Crippen molar-refractivity contribution in [3.63, 3.8) is 0 Å². The molecule has 2 aromatic rings. The Kier molecular flexibility index (Phi) is 5.49. The Bertz CT molecular complexity index is 548. The highest BCUT2D eigenvalue weighted by Gasteiger charge is 2.15. The monoisotopic (exact) mass is 335 g/mol. The van der Waals surface area contributed by atoms with Gasteiger partial charge in [0.2, 0.25) is 0 Å². The van der Waals surface area contributed by atoms with E-state index in [1.54, 1.807) is 19.5 Å². The third-order valence-corrected chi connectivity index (χ3v) is 3.80. The molecular formula is C15H18BrN3O. The van der Waals surface area contributed by atoms with Crippen molar-refractivity contribution >= 4 is 15.9 Å². The van der Waals surface area contributed by atoms with Crippen molar-refractivity contribution in [3.05, 3.63) is 52.5 Å². The van der Waals surface area contributed by atoms with Gasteiger partial charge in [0.25, 0.3) is 0 Å². The molecule has 5 heteroatoms. The highest BCUT2D eigenvalue weighted by molar-refractivity contribution is 9.10. The number of ether oxygens (including phenoxy) is 1. The number of halogens is 1. The third kappa shape index (κ3) is 3.77. The number of rotatable bonds is 6. The molecule has 1 unspecified atom stereocenters. The summed E-state index contributed by atoms with van der Waals surface area (Å²) >= 11 is 3.59. The van der Waals surface area contributed by atoms with Crippen LogP contribution in [0.15, 0.2) is 41.1 Å². The molecule has 2 rings (SSSR count). The lowest BCUT2D eigenvalue weighted by atomic mass is 10.0. The highest BCUT2D eigenvalue weighted by atomic mass is 79.9. The number of hydrogen-bond donors (Lipinski definition) is 1. The summed E-state index contributed by atoms with van der Waals surface area (Å²) in [5.41, 5.74) is 1.17. The van der Waals surface area contributed by atoms with Crippen molar-refractivity contribution in [3.8, 4) is 5.75 Å². The van der Waals surface area contributed by atoms with E-state index in [9.17, 15) is 0 Å². The molecule has 0 aliphatic heterocycles. The molecule has 0 fully saturated rings. The summed E-state index contributed by atoms with van der Waals surface area (Å²) in [5.74, 6) is 1.66. The largest absolute Gasteiger partial charge is 0.497 e. The van der Waals surface area contributed by atoms with Crippen LogP contribution >= 0.6 is 15.9 Å². The summed E-state index contributed by atoms with van der Waals surface area (Å²) in [6, 6.07) is 7.90. The second-order valence-electron chi connectivity index (χ2n) is 4.38. The predicted octanol–water partition coefficient (Wildman–Crippen LogP) is 3.14. The molecule has 1 aromatic carbocycles. The predicted molar refractivity (Wildman–Crippen MR) is 82.8 cm³/mol. The molecule has 0 bridgehead atoms. The molecule has 1 atom stereocenters.